The number of rotatable bonds is 4. The number of esters is 2. The third-order valence-electron chi connectivity index (χ3n) is 4.27. The van der Waals surface area contributed by atoms with Crippen LogP contribution in [0.25, 0.3) is 0 Å². The summed E-state index contributed by atoms with van der Waals surface area (Å²) in [5, 5.41) is 0. The van der Waals surface area contributed by atoms with Gasteiger partial charge in [0.2, 0.25) is 0 Å². The molecule has 0 bridgehead atoms. The van der Waals surface area contributed by atoms with Crippen LogP contribution < -0.4 is 5.73 Å². The number of nitrogens with two attached hydrogens (primary N) is 1. The summed E-state index contributed by atoms with van der Waals surface area (Å²) >= 11 is 0. The first kappa shape index (κ1) is 15.5. The number of ether oxygens (including phenoxy) is 2. The number of carbonyl (C=O) groups excluding carboxylic acids is 2. The van der Waals surface area contributed by atoms with Gasteiger partial charge in [0.15, 0.2) is 0 Å². The first-order valence-corrected chi connectivity index (χ1v) is 7.05. The Hall–Kier alpha value is -1.88. The van der Waals surface area contributed by atoms with Crippen LogP contribution in [0.2, 0.25) is 0 Å². The van der Waals surface area contributed by atoms with E-state index in [1.807, 2.05) is 12.1 Å². The topological polar surface area (TPSA) is 78.6 Å². The van der Waals surface area contributed by atoms with Gasteiger partial charge in [0.25, 0.3) is 0 Å². The number of benzene rings is 1. The van der Waals surface area contributed by atoms with Crippen LogP contribution >= 0.6 is 0 Å². The quantitative estimate of drug-likeness (QED) is 0.850. The predicted octanol–water partition coefficient (Wildman–Crippen LogP) is 1.47. The number of hydrogen-bond donors (Lipinski definition) is 1. The number of aryl methyl sites for hydroxylation is 1. The summed E-state index contributed by atoms with van der Waals surface area (Å²) in [6.45, 7) is 0.432. The molecule has 1 aromatic carbocycles. The highest BCUT2D eigenvalue weighted by Crippen LogP contribution is 2.39. The van der Waals surface area contributed by atoms with Crippen LogP contribution in [0.5, 0.6) is 0 Å². The molecule has 0 radical (unpaired) electrons. The Kier molecular flexibility index (Phi) is 4.63. The van der Waals surface area contributed by atoms with E-state index < -0.39 is 5.41 Å². The van der Waals surface area contributed by atoms with Gasteiger partial charge in [0.05, 0.1) is 25.2 Å². The highest BCUT2D eigenvalue weighted by Gasteiger charge is 2.41. The first-order chi connectivity index (χ1) is 10.1. The molecule has 2 rings (SSSR count). The maximum absolute atomic E-state index is 12.2. The van der Waals surface area contributed by atoms with Crippen molar-refractivity contribution in [3.8, 4) is 0 Å². The van der Waals surface area contributed by atoms with Gasteiger partial charge in [-0.1, -0.05) is 6.07 Å². The van der Waals surface area contributed by atoms with E-state index >= 15 is 0 Å². The van der Waals surface area contributed by atoms with Crippen LogP contribution in [0.3, 0.4) is 0 Å². The monoisotopic (exact) mass is 291 g/mol. The Bertz CT molecular complexity index is 555. The van der Waals surface area contributed by atoms with Crippen molar-refractivity contribution in [3.63, 3.8) is 0 Å². The summed E-state index contributed by atoms with van der Waals surface area (Å²) in [5.74, 6) is -0.590. The van der Waals surface area contributed by atoms with E-state index in [2.05, 4.69) is 0 Å². The van der Waals surface area contributed by atoms with Crippen LogP contribution in [-0.4, -0.2) is 32.7 Å². The lowest BCUT2D eigenvalue weighted by Gasteiger charge is -2.35. The second-order valence-corrected chi connectivity index (χ2v) is 5.46. The molecule has 0 saturated heterocycles. The maximum atomic E-state index is 12.2. The van der Waals surface area contributed by atoms with Gasteiger partial charge in [0, 0.05) is 0 Å². The van der Waals surface area contributed by atoms with Gasteiger partial charge in [-0.2, -0.15) is 0 Å². The lowest BCUT2D eigenvalue weighted by Crippen LogP contribution is -2.39. The van der Waals surface area contributed by atoms with Gasteiger partial charge >= 0.3 is 11.9 Å². The van der Waals surface area contributed by atoms with Gasteiger partial charge in [0.1, 0.15) is 0 Å². The molecule has 2 N–H and O–H groups in total. The summed E-state index contributed by atoms with van der Waals surface area (Å²) in [6, 6.07) is 5.51. The van der Waals surface area contributed by atoms with Crippen molar-refractivity contribution in [1.29, 1.82) is 0 Å². The Morgan fingerprint density at radius 3 is 2.62 bits per heavy atom. The van der Waals surface area contributed by atoms with Gasteiger partial charge in [-0.05, 0) is 55.5 Å². The van der Waals surface area contributed by atoms with Gasteiger partial charge in [-0.3, -0.25) is 4.79 Å². The minimum absolute atomic E-state index is 0.220. The van der Waals surface area contributed by atoms with Crippen LogP contribution in [0, 0.1) is 5.41 Å². The lowest BCUT2D eigenvalue weighted by atomic mass is 9.69. The Morgan fingerprint density at radius 2 is 2.00 bits per heavy atom. The standard InChI is InChI=1S/C16H21NO4/c1-20-14(18)12-4-3-11-5-6-16(7-8-17,15(19)21-2)10-13(11)9-12/h3-4,9H,5-8,10,17H2,1-2H3. The van der Waals surface area contributed by atoms with Crippen LogP contribution in [0.4, 0.5) is 0 Å². The van der Waals surface area contributed by atoms with Crippen molar-refractivity contribution in [2.75, 3.05) is 20.8 Å². The molecular formula is C16H21NO4. The lowest BCUT2D eigenvalue weighted by molar-refractivity contribution is -0.154. The van der Waals surface area contributed by atoms with E-state index in [0.29, 0.717) is 24.9 Å². The fourth-order valence-electron chi connectivity index (χ4n) is 3.09. The molecule has 0 heterocycles. The number of methoxy groups -OCH3 is 2. The molecule has 1 atom stereocenters. The zero-order valence-electron chi connectivity index (χ0n) is 12.5. The summed E-state index contributed by atoms with van der Waals surface area (Å²) in [7, 11) is 2.76. The predicted molar refractivity (Wildman–Crippen MR) is 77.9 cm³/mol. The summed E-state index contributed by atoms with van der Waals surface area (Å²) < 4.78 is 9.72. The second kappa shape index (κ2) is 6.26. The molecule has 5 nitrogen and oxygen atoms in total. The smallest absolute Gasteiger partial charge is 0.337 e. The zero-order chi connectivity index (χ0) is 15.5. The molecule has 114 valence electrons. The highest BCUT2D eigenvalue weighted by molar-refractivity contribution is 5.89. The molecule has 0 aliphatic heterocycles. The molecule has 0 saturated carbocycles. The summed E-state index contributed by atoms with van der Waals surface area (Å²) in [5.41, 5.74) is 7.77. The van der Waals surface area contributed by atoms with E-state index in [1.54, 1.807) is 6.07 Å². The normalized spacial score (nSPS) is 20.5. The van der Waals surface area contributed by atoms with Crippen molar-refractivity contribution in [2.45, 2.75) is 25.7 Å². The largest absolute Gasteiger partial charge is 0.469 e. The number of fused-ring (bicyclic) bond motifs is 1. The first-order valence-electron chi connectivity index (χ1n) is 7.05. The zero-order valence-corrected chi connectivity index (χ0v) is 12.5. The van der Waals surface area contributed by atoms with Crippen molar-refractivity contribution >= 4 is 11.9 Å². The van der Waals surface area contributed by atoms with Crippen LogP contribution in [0.15, 0.2) is 18.2 Å². The van der Waals surface area contributed by atoms with Crippen molar-refractivity contribution in [1.82, 2.24) is 0 Å². The summed E-state index contributed by atoms with van der Waals surface area (Å²) in [6.07, 6.45) is 2.64. The molecular weight excluding hydrogens is 270 g/mol. The molecule has 1 unspecified atom stereocenters. The molecule has 0 amide bonds. The van der Waals surface area contributed by atoms with Crippen molar-refractivity contribution in [3.05, 3.63) is 34.9 Å². The molecule has 21 heavy (non-hydrogen) atoms. The summed E-state index contributed by atoms with van der Waals surface area (Å²) in [4.78, 5) is 23.8. The minimum Gasteiger partial charge on any atom is -0.469 e. The molecule has 1 aliphatic rings. The highest BCUT2D eigenvalue weighted by atomic mass is 16.5. The molecule has 1 aliphatic carbocycles. The Balaban J connectivity index is 2.36. The van der Waals surface area contributed by atoms with Crippen LogP contribution in [-0.2, 0) is 27.1 Å². The minimum atomic E-state index is -0.578. The number of carbonyl (C=O) groups is 2. The Morgan fingerprint density at radius 1 is 1.24 bits per heavy atom. The average molecular weight is 291 g/mol. The van der Waals surface area contributed by atoms with Gasteiger partial charge in [-0.15, -0.1) is 0 Å². The molecule has 0 spiro atoms. The average Bonchev–Trinajstić information content (AvgIpc) is 2.52. The molecule has 5 heteroatoms. The van der Waals surface area contributed by atoms with E-state index in [-0.39, 0.29) is 11.9 Å². The third kappa shape index (κ3) is 2.93. The SMILES string of the molecule is COC(=O)c1ccc2c(c1)CC(CCN)(C(=O)OC)CC2. The van der Waals surface area contributed by atoms with E-state index in [1.165, 1.54) is 19.8 Å². The number of hydrogen-bond acceptors (Lipinski definition) is 5. The van der Waals surface area contributed by atoms with E-state index in [9.17, 15) is 9.59 Å². The fourth-order valence-corrected chi connectivity index (χ4v) is 3.09. The van der Waals surface area contributed by atoms with Gasteiger partial charge in [-0.25, -0.2) is 4.79 Å². The molecule has 0 aromatic heterocycles. The fraction of sp³-hybridized carbons (Fsp3) is 0.500. The van der Waals surface area contributed by atoms with E-state index in [4.69, 9.17) is 15.2 Å². The van der Waals surface area contributed by atoms with Crippen molar-refractivity contribution < 1.29 is 19.1 Å². The van der Waals surface area contributed by atoms with Crippen LogP contribution in [0.1, 0.15) is 34.3 Å². The van der Waals surface area contributed by atoms with Gasteiger partial charge < -0.3 is 15.2 Å². The maximum Gasteiger partial charge on any atom is 0.337 e. The third-order valence-corrected chi connectivity index (χ3v) is 4.27. The second-order valence-electron chi connectivity index (χ2n) is 5.46. The van der Waals surface area contributed by atoms with E-state index in [0.717, 1.165) is 18.4 Å². The Labute approximate surface area is 124 Å². The molecule has 1 aromatic rings. The molecule has 0 fully saturated rings. The van der Waals surface area contributed by atoms with Crippen molar-refractivity contribution in [2.24, 2.45) is 11.1 Å².